The first kappa shape index (κ1) is 28.4. The van der Waals surface area contributed by atoms with E-state index in [0.717, 1.165) is 4.47 Å². The fourth-order valence-corrected chi connectivity index (χ4v) is 4.83. The van der Waals surface area contributed by atoms with Crippen molar-refractivity contribution in [2.45, 2.75) is 18.6 Å². The van der Waals surface area contributed by atoms with Crippen molar-refractivity contribution in [3.63, 3.8) is 0 Å². The zero-order valence-electron chi connectivity index (χ0n) is 18.7. The third-order valence-corrected chi connectivity index (χ3v) is 6.70. The van der Waals surface area contributed by atoms with E-state index in [0.29, 0.717) is 25.9 Å². The SMILES string of the molecule is O=C(CS)OCC[C@H](Oc1ccccc1)[C@@H](OC(=O)Nc1ccc(Br)cc1)c1cc(Br)cc(Br)c1O. The van der Waals surface area contributed by atoms with Crippen molar-refractivity contribution in [3.8, 4) is 11.5 Å². The summed E-state index contributed by atoms with van der Waals surface area (Å²) in [5, 5.41) is 13.5. The van der Waals surface area contributed by atoms with Crippen molar-refractivity contribution in [2.75, 3.05) is 17.7 Å². The molecule has 7 nitrogen and oxygen atoms in total. The number of anilines is 1. The maximum Gasteiger partial charge on any atom is 0.412 e. The van der Waals surface area contributed by atoms with E-state index >= 15 is 0 Å². The van der Waals surface area contributed by atoms with Crippen LogP contribution in [0.2, 0.25) is 0 Å². The Balaban J connectivity index is 1.95. The van der Waals surface area contributed by atoms with Crippen molar-refractivity contribution >= 4 is 78.2 Å². The summed E-state index contributed by atoms with van der Waals surface area (Å²) in [6.45, 7) is -0.0129. The molecule has 190 valence electrons. The number of rotatable bonds is 10. The Morgan fingerprint density at radius 3 is 2.33 bits per heavy atom. The van der Waals surface area contributed by atoms with Crippen molar-refractivity contribution in [1.29, 1.82) is 0 Å². The predicted octanol–water partition coefficient (Wildman–Crippen LogP) is 7.28. The number of thiol groups is 1. The summed E-state index contributed by atoms with van der Waals surface area (Å²) in [7, 11) is 0. The Morgan fingerprint density at radius 1 is 0.972 bits per heavy atom. The first-order valence-corrected chi connectivity index (χ1v) is 13.7. The van der Waals surface area contributed by atoms with E-state index in [2.05, 4.69) is 65.7 Å². The molecule has 3 aromatic rings. The topological polar surface area (TPSA) is 94.1 Å². The highest BCUT2D eigenvalue weighted by molar-refractivity contribution is 9.11. The van der Waals surface area contributed by atoms with Crippen LogP contribution in [0.4, 0.5) is 10.5 Å². The minimum Gasteiger partial charge on any atom is -0.506 e. The summed E-state index contributed by atoms with van der Waals surface area (Å²) >= 11 is 14.0. The molecule has 0 saturated carbocycles. The van der Waals surface area contributed by atoms with Crippen LogP contribution < -0.4 is 10.1 Å². The van der Waals surface area contributed by atoms with Gasteiger partial charge in [-0.1, -0.05) is 50.1 Å². The van der Waals surface area contributed by atoms with Gasteiger partial charge in [0.1, 0.15) is 17.6 Å². The average Bonchev–Trinajstić information content (AvgIpc) is 2.86. The smallest absolute Gasteiger partial charge is 0.412 e. The van der Waals surface area contributed by atoms with Gasteiger partial charge in [-0.25, -0.2) is 4.79 Å². The van der Waals surface area contributed by atoms with Gasteiger partial charge in [-0.15, -0.1) is 0 Å². The van der Waals surface area contributed by atoms with Crippen LogP contribution in [-0.2, 0) is 14.3 Å². The summed E-state index contributed by atoms with van der Waals surface area (Å²) < 4.78 is 19.1. The van der Waals surface area contributed by atoms with E-state index < -0.39 is 24.3 Å². The maximum absolute atomic E-state index is 12.9. The molecule has 2 atom stereocenters. The van der Waals surface area contributed by atoms with Crippen molar-refractivity contribution in [1.82, 2.24) is 0 Å². The largest absolute Gasteiger partial charge is 0.506 e. The molecular formula is C25H22Br3NO6S. The van der Waals surface area contributed by atoms with Gasteiger partial charge in [0.25, 0.3) is 0 Å². The summed E-state index contributed by atoms with van der Waals surface area (Å²) in [6, 6.07) is 19.2. The second kappa shape index (κ2) is 13.9. The molecule has 0 aliphatic carbocycles. The van der Waals surface area contributed by atoms with Crippen LogP contribution in [0.15, 0.2) is 80.1 Å². The molecule has 0 aliphatic rings. The standard InChI is InChI=1S/C25H22Br3NO6S/c26-15-6-8-17(9-7-15)29-25(32)35-24(19-12-16(27)13-20(28)23(19)31)21(10-11-33-22(30)14-36)34-18-4-2-1-3-5-18/h1-9,12-13,21,24,31,36H,10-11,14H2,(H,29,32)/t21-,24-/m0/s1. The molecule has 1 amide bonds. The van der Waals surface area contributed by atoms with Gasteiger partial charge in [-0.05, 0) is 64.5 Å². The van der Waals surface area contributed by atoms with Crippen LogP contribution in [0.1, 0.15) is 18.1 Å². The molecule has 36 heavy (non-hydrogen) atoms. The lowest BCUT2D eigenvalue weighted by Gasteiger charge is -2.29. The molecule has 11 heteroatoms. The molecule has 0 aromatic heterocycles. The summed E-state index contributed by atoms with van der Waals surface area (Å²) in [4.78, 5) is 24.6. The Labute approximate surface area is 239 Å². The number of carbonyl (C=O) groups is 2. The van der Waals surface area contributed by atoms with E-state index in [-0.39, 0.29) is 24.5 Å². The van der Waals surface area contributed by atoms with E-state index in [4.69, 9.17) is 14.2 Å². The van der Waals surface area contributed by atoms with Gasteiger partial charge in [0.2, 0.25) is 0 Å². The monoisotopic (exact) mass is 701 g/mol. The van der Waals surface area contributed by atoms with Gasteiger partial charge in [0, 0.05) is 26.6 Å². The number of phenolic OH excluding ortho intramolecular Hbond substituents is 1. The zero-order valence-corrected chi connectivity index (χ0v) is 24.3. The minimum absolute atomic E-state index is 0.0129. The highest BCUT2D eigenvalue weighted by atomic mass is 79.9. The van der Waals surface area contributed by atoms with Crippen LogP contribution in [0.25, 0.3) is 0 Å². The Morgan fingerprint density at radius 2 is 1.67 bits per heavy atom. The fourth-order valence-electron chi connectivity index (χ4n) is 3.22. The van der Waals surface area contributed by atoms with Gasteiger partial charge in [-0.2, -0.15) is 12.6 Å². The first-order valence-electron chi connectivity index (χ1n) is 10.7. The van der Waals surface area contributed by atoms with E-state index in [1.165, 1.54) is 0 Å². The molecule has 2 N–H and O–H groups in total. The number of amides is 1. The summed E-state index contributed by atoms with van der Waals surface area (Å²) in [6.07, 6.45) is -2.51. The Kier molecular flexibility index (Phi) is 11.0. The molecule has 0 spiro atoms. The van der Waals surface area contributed by atoms with Crippen LogP contribution in [-0.4, -0.2) is 35.6 Å². The minimum atomic E-state index is -1.08. The van der Waals surface area contributed by atoms with Crippen LogP contribution in [0.5, 0.6) is 11.5 Å². The third-order valence-electron chi connectivity index (χ3n) is 4.85. The van der Waals surface area contributed by atoms with Gasteiger partial charge >= 0.3 is 12.1 Å². The molecule has 0 heterocycles. The van der Waals surface area contributed by atoms with E-state index in [1.807, 2.05) is 6.07 Å². The molecule has 3 rings (SSSR count). The predicted molar refractivity (Wildman–Crippen MR) is 151 cm³/mol. The lowest BCUT2D eigenvalue weighted by atomic mass is 10.0. The number of hydrogen-bond donors (Lipinski definition) is 3. The quantitative estimate of drug-likeness (QED) is 0.152. The Hall–Kier alpha value is -2.21. The Bertz CT molecular complexity index is 1180. The van der Waals surface area contributed by atoms with Crippen LogP contribution in [0.3, 0.4) is 0 Å². The molecule has 0 bridgehead atoms. The molecule has 0 aliphatic heterocycles. The number of hydrogen-bond acceptors (Lipinski definition) is 7. The van der Waals surface area contributed by atoms with Gasteiger partial charge < -0.3 is 19.3 Å². The average molecular weight is 704 g/mol. The van der Waals surface area contributed by atoms with Gasteiger partial charge in [0.15, 0.2) is 6.10 Å². The number of phenols is 1. The summed E-state index contributed by atoms with van der Waals surface area (Å²) in [5.74, 6) is -0.165. The summed E-state index contributed by atoms with van der Waals surface area (Å²) in [5.41, 5.74) is 0.813. The second-order valence-corrected chi connectivity index (χ2v) is 10.4. The van der Waals surface area contributed by atoms with E-state index in [1.54, 1.807) is 60.7 Å². The number of aromatic hydroxyl groups is 1. The maximum atomic E-state index is 12.9. The number of esters is 1. The van der Waals surface area contributed by atoms with Crippen LogP contribution in [0, 0.1) is 0 Å². The number of halogens is 3. The highest BCUT2D eigenvalue weighted by Crippen LogP contribution is 2.39. The van der Waals surface area contributed by atoms with Gasteiger partial charge in [0.05, 0.1) is 16.8 Å². The van der Waals surface area contributed by atoms with Crippen molar-refractivity contribution in [2.24, 2.45) is 0 Å². The third kappa shape index (κ3) is 8.43. The molecule has 0 saturated heterocycles. The normalized spacial score (nSPS) is 12.3. The number of nitrogens with one attached hydrogen (secondary N) is 1. The number of para-hydroxylation sites is 1. The second-order valence-electron chi connectivity index (χ2n) is 7.42. The van der Waals surface area contributed by atoms with Crippen LogP contribution >= 0.6 is 60.4 Å². The molecule has 0 unspecified atom stereocenters. The molecular weight excluding hydrogens is 682 g/mol. The molecule has 3 aromatic carbocycles. The molecule has 0 fully saturated rings. The number of ether oxygens (including phenoxy) is 3. The first-order chi connectivity index (χ1) is 17.3. The van der Waals surface area contributed by atoms with Crippen molar-refractivity contribution in [3.05, 3.63) is 85.7 Å². The molecule has 0 radical (unpaired) electrons. The fraction of sp³-hybridized carbons (Fsp3) is 0.200. The van der Waals surface area contributed by atoms with Crippen molar-refractivity contribution < 1.29 is 28.9 Å². The van der Waals surface area contributed by atoms with Gasteiger partial charge in [-0.3, -0.25) is 10.1 Å². The lowest BCUT2D eigenvalue weighted by Crippen LogP contribution is -2.32. The number of benzene rings is 3. The zero-order chi connectivity index (χ0) is 26.1. The lowest BCUT2D eigenvalue weighted by molar-refractivity contribution is -0.141. The van der Waals surface area contributed by atoms with E-state index in [9.17, 15) is 14.7 Å². The number of carbonyl (C=O) groups excluding carboxylic acids is 2. The highest BCUT2D eigenvalue weighted by Gasteiger charge is 2.32.